The number of nitrogens with zero attached hydrogens (tertiary/aromatic N) is 2. The molecule has 2 aromatic carbocycles. The van der Waals surface area contributed by atoms with E-state index in [1.54, 1.807) is 55.5 Å². The first-order valence-electron chi connectivity index (χ1n) is 9.70. The molecule has 0 radical (unpaired) electrons. The molecule has 3 rings (SSSR count). The van der Waals surface area contributed by atoms with E-state index in [1.807, 2.05) is 6.92 Å². The summed E-state index contributed by atoms with van der Waals surface area (Å²) in [5.74, 6) is -1.78. The second-order valence-electron chi connectivity index (χ2n) is 7.00. The maximum atomic E-state index is 13.1. The Bertz CT molecular complexity index is 1050. The van der Waals surface area contributed by atoms with Gasteiger partial charge in [-0.15, -0.1) is 0 Å². The van der Waals surface area contributed by atoms with Crippen LogP contribution in [0.4, 0.5) is 5.69 Å². The molecule has 8 nitrogen and oxygen atoms in total. The standard InChI is InChI=1S/C23H23N3O5/c1-4-6-20(27)26(24-22(29)16-11-9-15(2)10-12-16)19-14-21(28)25(23(19)30)17-7-5-8-18(13-17)31-3/h4-13,19H,14H2,1-3H3,(H,24,29). The van der Waals surface area contributed by atoms with Crippen LogP contribution in [0.1, 0.15) is 29.3 Å². The van der Waals surface area contributed by atoms with E-state index in [0.29, 0.717) is 17.0 Å². The van der Waals surface area contributed by atoms with E-state index in [-0.39, 0.29) is 6.42 Å². The van der Waals surface area contributed by atoms with Gasteiger partial charge in [-0.05, 0) is 38.1 Å². The summed E-state index contributed by atoms with van der Waals surface area (Å²) in [6, 6.07) is 12.1. The third-order valence-corrected chi connectivity index (χ3v) is 4.83. The highest BCUT2D eigenvalue weighted by atomic mass is 16.5. The number of methoxy groups -OCH3 is 1. The van der Waals surface area contributed by atoms with Gasteiger partial charge in [0.2, 0.25) is 5.91 Å². The highest BCUT2D eigenvalue weighted by molar-refractivity contribution is 6.23. The Kier molecular flexibility index (Phi) is 6.49. The molecule has 0 aromatic heterocycles. The van der Waals surface area contributed by atoms with Crippen molar-refractivity contribution in [2.45, 2.75) is 26.3 Å². The smallest absolute Gasteiger partial charge is 0.269 e. The number of imide groups is 1. The number of allylic oxidation sites excluding steroid dienone is 1. The zero-order valence-corrected chi connectivity index (χ0v) is 17.5. The van der Waals surface area contributed by atoms with Crippen molar-refractivity contribution in [3.8, 4) is 5.75 Å². The summed E-state index contributed by atoms with van der Waals surface area (Å²) in [4.78, 5) is 52.2. The van der Waals surface area contributed by atoms with E-state index < -0.39 is 29.7 Å². The molecule has 1 N–H and O–H groups in total. The van der Waals surface area contributed by atoms with Crippen LogP contribution in [0, 0.1) is 6.92 Å². The van der Waals surface area contributed by atoms with E-state index in [2.05, 4.69) is 5.43 Å². The summed E-state index contributed by atoms with van der Waals surface area (Å²) in [6.45, 7) is 3.53. The number of carbonyl (C=O) groups is 4. The average molecular weight is 421 g/mol. The minimum atomic E-state index is -1.17. The van der Waals surface area contributed by atoms with Crippen molar-refractivity contribution in [2.24, 2.45) is 0 Å². The van der Waals surface area contributed by atoms with Crippen LogP contribution in [0.25, 0.3) is 0 Å². The molecule has 0 saturated carbocycles. The molecule has 31 heavy (non-hydrogen) atoms. The molecule has 4 amide bonds. The minimum Gasteiger partial charge on any atom is -0.497 e. The second kappa shape index (κ2) is 9.25. The second-order valence-corrected chi connectivity index (χ2v) is 7.00. The number of nitrogens with one attached hydrogen (secondary N) is 1. The van der Waals surface area contributed by atoms with Gasteiger partial charge in [0.15, 0.2) is 0 Å². The van der Waals surface area contributed by atoms with Crippen LogP contribution in [-0.4, -0.2) is 41.8 Å². The highest BCUT2D eigenvalue weighted by Crippen LogP contribution is 2.28. The van der Waals surface area contributed by atoms with E-state index >= 15 is 0 Å². The van der Waals surface area contributed by atoms with E-state index in [4.69, 9.17) is 4.74 Å². The fraction of sp³-hybridized carbons (Fsp3) is 0.217. The first-order chi connectivity index (χ1) is 14.8. The topological polar surface area (TPSA) is 96.0 Å². The molecule has 1 aliphatic heterocycles. The number of carbonyl (C=O) groups excluding carboxylic acids is 4. The van der Waals surface area contributed by atoms with Crippen LogP contribution in [0.2, 0.25) is 0 Å². The van der Waals surface area contributed by atoms with Gasteiger partial charge in [-0.3, -0.25) is 24.6 Å². The Morgan fingerprint density at radius 2 is 1.87 bits per heavy atom. The summed E-state index contributed by atoms with van der Waals surface area (Å²) in [5.41, 5.74) is 4.13. The molecule has 1 atom stereocenters. The number of ether oxygens (including phenoxy) is 1. The van der Waals surface area contributed by atoms with Crippen molar-refractivity contribution in [3.05, 3.63) is 71.8 Å². The van der Waals surface area contributed by atoms with Crippen LogP contribution >= 0.6 is 0 Å². The molecule has 1 saturated heterocycles. The van der Waals surface area contributed by atoms with E-state index in [0.717, 1.165) is 15.5 Å². The summed E-state index contributed by atoms with van der Waals surface area (Å²) in [5, 5.41) is 0.919. The molecule has 0 aliphatic carbocycles. The number of hydrogen-bond donors (Lipinski definition) is 1. The zero-order valence-electron chi connectivity index (χ0n) is 17.5. The van der Waals surface area contributed by atoms with Gasteiger partial charge in [-0.1, -0.05) is 29.8 Å². The fourth-order valence-electron chi connectivity index (χ4n) is 3.23. The number of amides is 4. The Morgan fingerprint density at radius 1 is 1.16 bits per heavy atom. The predicted octanol–water partition coefficient (Wildman–Crippen LogP) is 2.39. The lowest BCUT2D eigenvalue weighted by Gasteiger charge is -2.27. The minimum absolute atomic E-state index is 0.256. The molecule has 1 fully saturated rings. The van der Waals surface area contributed by atoms with Crippen molar-refractivity contribution in [3.63, 3.8) is 0 Å². The molecule has 8 heteroatoms. The van der Waals surface area contributed by atoms with Crippen LogP contribution in [0.5, 0.6) is 5.75 Å². The third kappa shape index (κ3) is 4.63. The first-order valence-corrected chi connectivity index (χ1v) is 9.70. The number of hydrogen-bond acceptors (Lipinski definition) is 5. The summed E-state index contributed by atoms with van der Waals surface area (Å²) >= 11 is 0. The number of hydrazine groups is 1. The number of benzene rings is 2. The maximum absolute atomic E-state index is 13.1. The molecule has 2 aromatic rings. The van der Waals surface area contributed by atoms with Gasteiger partial charge in [-0.2, -0.15) is 0 Å². The summed E-state index contributed by atoms with van der Waals surface area (Å²) in [7, 11) is 1.48. The van der Waals surface area contributed by atoms with Crippen molar-refractivity contribution in [1.82, 2.24) is 10.4 Å². The van der Waals surface area contributed by atoms with Crippen LogP contribution in [0.15, 0.2) is 60.7 Å². The predicted molar refractivity (Wildman–Crippen MR) is 114 cm³/mol. The maximum Gasteiger partial charge on any atom is 0.269 e. The normalized spacial score (nSPS) is 16.0. The summed E-state index contributed by atoms with van der Waals surface area (Å²) in [6.07, 6.45) is 2.46. The lowest BCUT2D eigenvalue weighted by Crippen LogP contribution is -2.54. The van der Waals surface area contributed by atoms with E-state index in [9.17, 15) is 19.2 Å². The fourth-order valence-corrected chi connectivity index (χ4v) is 3.23. The van der Waals surface area contributed by atoms with Crippen LogP contribution < -0.4 is 15.1 Å². The van der Waals surface area contributed by atoms with Crippen molar-refractivity contribution in [1.29, 1.82) is 0 Å². The van der Waals surface area contributed by atoms with Gasteiger partial charge in [0.05, 0.1) is 19.2 Å². The summed E-state index contributed by atoms with van der Waals surface area (Å²) < 4.78 is 5.16. The Morgan fingerprint density at radius 3 is 2.52 bits per heavy atom. The van der Waals surface area contributed by atoms with Gasteiger partial charge in [0.1, 0.15) is 11.8 Å². The third-order valence-electron chi connectivity index (χ3n) is 4.83. The molecule has 1 heterocycles. The Labute approximate surface area is 180 Å². The molecule has 0 spiro atoms. The lowest BCUT2D eigenvalue weighted by molar-refractivity contribution is -0.137. The number of rotatable bonds is 5. The van der Waals surface area contributed by atoms with Crippen molar-refractivity contribution >= 4 is 29.3 Å². The molecule has 160 valence electrons. The Balaban J connectivity index is 1.89. The van der Waals surface area contributed by atoms with Gasteiger partial charge in [-0.25, -0.2) is 9.91 Å². The quantitative estimate of drug-likeness (QED) is 0.454. The average Bonchev–Trinajstić information content (AvgIpc) is 3.06. The van der Waals surface area contributed by atoms with Crippen LogP contribution in [0.3, 0.4) is 0 Å². The van der Waals surface area contributed by atoms with Gasteiger partial charge in [0.25, 0.3) is 17.7 Å². The zero-order chi connectivity index (χ0) is 22.5. The molecule has 0 bridgehead atoms. The first kappa shape index (κ1) is 21.8. The van der Waals surface area contributed by atoms with Crippen LogP contribution in [-0.2, 0) is 14.4 Å². The van der Waals surface area contributed by atoms with Crippen molar-refractivity contribution < 1.29 is 23.9 Å². The number of anilines is 1. The number of aryl methyl sites for hydroxylation is 1. The molecular weight excluding hydrogens is 398 g/mol. The van der Waals surface area contributed by atoms with Crippen molar-refractivity contribution in [2.75, 3.05) is 12.0 Å². The largest absolute Gasteiger partial charge is 0.497 e. The molecular formula is C23H23N3O5. The monoisotopic (exact) mass is 421 g/mol. The van der Waals surface area contributed by atoms with E-state index in [1.165, 1.54) is 19.3 Å². The van der Waals surface area contributed by atoms with Gasteiger partial charge < -0.3 is 4.74 Å². The SMILES string of the molecule is CC=CC(=O)N(NC(=O)c1ccc(C)cc1)C1CC(=O)N(c2cccc(OC)c2)C1=O. The van der Waals surface area contributed by atoms with Gasteiger partial charge in [0, 0.05) is 17.7 Å². The Hall–Kier alpha value is -3.94. The van der Waals surface area contributed by atoms with Gasteiger partial charge >= 0.3 is 0 Å². The lowest BCUT2D eigenvalue weighted by atomic mass is 10.1. The molecule has 1 unspecified atom stereocenters. The molecule has 1 aliphatic rings. The highest BCUT2D eigenvalue weighted by Gasteiger charge is 2.45.